The van der Waals surface area contributed by atoms with Crippen LogP contribution in [0.2, 0.25) is 0 Å². The number of anilines is 1. The van der Waals surface area contributed by atoms with Gasteiger partial charge in [0.1, 0.15) is 0 Å². The van der Waals surface area contributed by atoms with Crippen LogP contribution in [0.5, 0.6) is 0 Å². The molecule has 1 heterocycles. The predicted octanol–water partition coefficient (Wildman–Crippen LogP) is 4.02. The number of halogens is 4. The molecule has 0 saturated heterocycles. The normalized spacial score (nSPS) is 19.5. The average molecular weight is 456 g/mol. The standard InChI is InChI=1S/C19H17BrF3N3O2/c1-25(2)15-9-5-13(6-10-15)17(27)26-18(28,19(21,22)23)11-16(24-26)12-3-7-14(20)8-4-12/h3-10,28H,11H2,1-2H3/t18-/m1/s1. The molecule has 148 valence electrons. The fourth-order valence-corrected chi connectivity index (χ4v) is 3.07. The third-order valence-electron chi connectivity index (χ3n) is 4.44. The molecule has 2 aromatic carbocycles. The predicted molar refractivity (Wildman–Crippen MR) is 103 cm³/mol. The van der Waals surface area contributed by atoms with Gasteiger partial charge in [-0.2, -0.15) is 23.3 Å². The van der Waals surface area contributed by atoms with Crippen molar-refractivity contribution in [2.24, 2.45) is 5.10 Å². The van der Waals surface area contributed by atoms with Crippen molar-refractivity contribution in [1.82, 2.24) is 5.01 Å². The molecule has 1 amide bonds. The van der Waals surface area contributed by atoms with Crippen LogP contribution in [0.1, 0.15) is 22.3 Å². The van der Waals surface area contributed by atoms with Gasteiger partial charge in [0.15, 0.2) is 0 Å². The first-order valence-electron chi connectivity index (χ1n) is 8.27. The van der Waals surface area contributed by atoms with Crippen molar-refractivity contribution < 1.29 is 23.1 Å². The van der Waals surface area contributed by atoms with Crippen LogP contribution in [0, 0.1) is 0 Å². The molecule has 0 bridgehead atoms. The minimum Gasteiger partial charge on any atom is -0.378 e. The lowest BCUT2D eigenvalue weighted by Crippen LogP contribution is -2.56. The van der Waals surface area contributed by atoms with Gasteiger partial charge in [-0.15, -0.1) is 0 Å². The van der Waals surface area contributed by atoms with E-state index in [9.17, 15) is 23.1 Å². The highest BCUT2D eigenvalue weighted by atomic mass is 79.9. The molecule has 5 nitrogen and oxygen atoms in total. The van der Waals surface area contributed by atoms with Crippen LogP contribution in [0.25, 0.3) is 0 Å². The number of amides is 1. The summed E-state index contributed by atoms with van der Waals surface area (Å²) < 4.78 is 41.7. The first-order chi connectivity index (χ1) is 13.0. The zero-order valence-corrected chi connectivity index (χ0v) is 16.6. The molecule has 0 fully saturated rings. The summed E-state index contributed by atoms with van der Waals surface area (Å²) in [5, 5.41) is 14.4. The number of carbonyl (C=O) groups is 1. The lowest BCUT2D eigenvalue weighted by Gasteiger charge is -2.32. The van der Waals surface area contributed by atoms with E-state index in [4.69, 9.17) is 0 Å². The number of carbonyl (C=O) groups excluding carboxylic acids is 1. The monoisotopic (exact) mass is 455 g/mol. The summed E-state index contributed by atoms with van der Waals surface area (Å²) in [4.78, 5) is 14.6. The third-order valence-corrected chi connectivity index (χ3v) is 4.97. The van der Waals surface area contributed by atoms with E-state index >= 15 is 0 Å². The van der Waals surface area contributed by atoms with Crippen molar-refractivity contribution in [3.8, 4) is 0 Å². The third kappa shape index (κ3) is 3.64. The largest absolute Gasteiger partial charge is 0.438 e. The average Bonchev–Trinajstić information content (AvgIpc) is 3.00. The Kier molecular flexibility index (Phi) is 5.24. The van der Waals surface area contributed by atoms with Crippen LogP contribution in [0.4, 0.5) is 18.9 Å². The molecule has 0 aromatic heterocycles. The number of hydrazone groups is 1. The highest BCUT2D eigenvalue weighted by molar-refractivity contribution is 9.10. The van der Waals surface area contributed by atoms with Gasteiger partial charge in [0.25, 0.3) is 11.6 Å². The summed E-state index contributed by atoms with van der Waals surface area (Å²) in [5.74, 6) is -1.03. The second kappa shape index (κ2) is 7.21. The number of alkyl halides is 3. The molecule has 3 rings (SSSR count). The number of aliphatic hydroxyl groups is 1. The van der Waals surface area contributed by atoms with Crippen LogP contribution < -0.4 is 4.90 Å². The maximum Gasteiger partial charge on any atom is 0.438 e. The number of rotatable bonds is 3. The van der Waals surface area contributed by atoms with Crippen LogP contribution in [0.15, 0.2) is 58.1 Å². The summed E-state index contributed by atoms with van der Waals surface area (Å²) in [5.41, 5.74) is -2.26. The number of benzene rings is 2. The summed E-state index contributed by atoms with van der Waals surface area (Å²) in [6, 6.07) is 12.5. The van der Waals surface area contributed by atoms with E-state index < -0.39 is 24.2 Å². The number of nitrogens with zero attached hydrogens (tertiary/aromatic N) is 3. The molecule has 2 aromatic rings. The molecule has 1 N–H and O–H groups in total. The van der Waals surface area contributed by atoms with Crippen molar-refractivity contribution in [2.75, 3.05) is 19.0 Å². The fraction of sp³-hybridized carbons (Fsp3) is 0.263. The molecule has 0 aliphatic carbocycles. The summed E-state index contributed by atoms with van der Waals surface area (Å²) in [6.45, 7) is 0. The van der Waals surface area contributed by atoms with Gasteiger partial charge >= 0.3 is 6.18 Å². The lowest BCUT2D eigenvalue weighted by atomic mass is 10.0. The van der Waals surface area contributed by atoms with Crippen LogP contribution in [-0.2, 0) is 0 Å². The zero-order chi connectivity index (χ0) is 20.7. The first-order valence-corrected chi connectivity index (χ1v) is 9.07. The molecular formula is C19H17BrF3N3O2. The Morgan fingerprint density at radius 2 is 1.71 bits per heavy atom. The van der Waals surface area contributed by atoms with Gasteiger partial charge in [-0.25, -0.2) is 0 Å². The van der Waals surface area contributed by atoms with E-state index in [1.807, 2.05) is 0 Å². The van der Waals surface area contributed by atoms with Crippen LogP contribution in [-0.4, -0.2) is 47.7 Å². The highest BCUT2D eigenvalue weighted by Crippen LogP contribution is 2.42. The van der Waals surface area contributed by atoms with E-state index in [0.29, 0.717) is 5.56 Å². The molecule has 0 spiro atoms. The van der Waals surface area contributed by atoms with Gasteiger partial charge in [-0.3, -0.25) is 4.79 Å². The van der Waals surface area contributed by atoms with Crippen molar-refractivity contribution >= 4 is 33.2 Å². The highest BCUT2D eigenvalue weighted by Gasteiger charge is 2.63. The molecule has 1 atom stereocenters. The second-order valence-corrected chi connectivity index (χ2v) is 7.52. The quantitative estimate of drug-likeness (QED) is 0.760. The van der Waals surface area contributed by atoms with E-state index in [1.165, 1.54) is 12.1 Å². The fourth-order valence-electron chi connectivity index (χ4n) is 2.81. The minimum absolute atomic E-state index is 0.00548. The number of hydrogen-bond acceptors (Lipinski definition) is 4. The molecular weight excluding hydrogens is 439 g/mol. The molecule has 1 aliphatic heterocycles. The Morgan fingerprint density at radius 1 is 1.14 bits per heavy atom. The summed E-state index contributed by atoms with van der Waals surface area (Å²) in [7, 11) is 3.60. The first kappa shape index (κ1) is 20.3. The molecule has 0 unspecified atom stereocenters. The maximum atomic E-state index is 13.7. The Morgan fingerprint density at radius 3 is 2.21 bits per heavy atom. The van der Waals surface area contributed by atoms with E-state index in [-0.39, 0.29) is 16.3 Å². The maximum absolute atomic E-state index is 13.7. The second-order valence-electron chi connectivity index (χ2n) is 6.60. The van der Waals surface area contributed by atoms with Crippen molar-refractivity contribution in [3.63, 3.8) is 0 Å². The smallest absolute Gasteiger partial charge is 0.378 e. The Bertz CT molecular complexity index is 912. The van der Waals surface area contributed by atoms with E-state index in [1.54, 1.807) is 55.4 Å². The molecule has 0 saturated carbocycles. The van der Waals surface area contributed by atoms with Gasteiger partial charge in [-0.1, -0.05) is 28.1 Å². The number of hydrogen-bond donors (Lipinski definition) is 1. The van der Waals surface area contributed by atoms with Crippen molar-refractivity contribution in [2.45, 2.75) is 18.3 Å². The van der Waals surface area contributed by atoms with Gasteiger partial charge < -0.3 is 10.0 Å². The SMILES string of the molecule is CN(C)c1ccc(C(=O)N2N=C(c3ccc(Br)cc3)C[C@@]2(O)C(F)(F)F)cc1. The molecule has 1 aliphatic rings. The molecule has 9 heteroatoms. The topological polar surface area (TPSA) is 56.1 Å². The van der Waals surface area contributed by atoms with Crippen LogP contribution in [0.3, 0.4) is 0 Å². The Hall–Kier alpha value is -2.39. The van der Waals surface area contributed by atoms with Gasteiger partial charge in [0, 0.05) is 29.8 Å². The Labute approximate surface area is 168 Å². The lowest BCUT2D eigenvalue weighted by molar-refractivity contribution is -0.297. The summed E-state index contributed by atoms with van der Waals surface area (Å²) >= 11 is 3.25. The van der Waals surface area contributed by atoms with Gasteiger partial charge in [0.2, 0.25) is 0 Å². The molecule has 0 radical (unpaired) electrons. The van der Waals surface area contributed by atoms with E-state index in [0.717, 1.165) is 10.2 Å². The molecule has 28 heavy (non-hydrogen) atoms. The van der Waals surface area contributed by atoms with Crippen molar-refractivity contribution in [1.29, 1.82) is 0 Å². The zero-order valence-electron chi connectivity index (χ0n) is 15.0. The van der Waals surface area contributed by atoms with Gasteiger partial charge in [-0.05, 0) is 42.0 Å². The van der Waals surface area contributed by atoms with Gasteiger partial charge in [0.05, 0.1) is 12.1 Å². The summed E-state index contributed by atoms with van der Waals surface area (Å²) in [6.07, 6.45) is -5.92. The van der Waals surface area contributed by atoms with Crippen LogP contribution >= 0.6 is 15.9 Å². The van der Waals surface area contributed by atoms with E-state index in [2.05, 4.69) is 21.0 Å². The minimum atomic E-state index is -5.08. The Balaban J connectivity index is 2.00. The van der Waals surface area contributed by atoms with Crippen molar-refractivity contribution in [3.05, 3.63) is 64.1 Å².